The van der Waals surface area contributed by atoms with Crippen molar-refractivity contribution in [2.75, 3.05) is 57.7 Å². The topological polar surface area (TPSA) is 82.2 Å². The number of hydrogen-bond donors (Lipinski definition) is 1. The predicted molar refractivity (Wildman–Crippen MR) is 164 cm³/mol. The maximum absolute atomic E-state index is 13.5. The van der Waals surface area contributed by atoms with Crippen LogP contribution in [0, 0.1) is 17.3 Å². The highest BCUT2D eigenvalue weighted by Gasteiger charge is 2.51. The van der Waals surface area contributed by atoms with Gasteiger partial charge < -0.3 is 19.9 Å². The first-order valence-corrected chi connectivity index (χ1v) is 15.3. The number of urea groups is 1. The van der Waals surface area contributed by atoms with Crippen molar-refractivity contribution in [3.63, 3.8) is 0 Å². The van der Waals surface area contributed by atoms with Gasteiger partial charge in [-0.1, -0.05) is 55.8 Å². The summed E-state index contributed by atoms with van der Waals surface area (Å²) in [5.41, 5.74) is 3.91. The maximum Gasteiger partial charge on any atom is 0.338 e. The Labute approximate surface area is 249 Å². The number of carbonyl (C=O) groups excluding carboxylic acids is 3. The number of rotatable bonds is 10. The molecule has 3 aliphatic carbocycles. The monoisotopic (exact) mass is 572 g/mol. The molecule has 0 spiro atoms. The second-order valence-corrected chi connectivity index (χ2v) is 12.4. The number of ether oxygens (including phenoxy) is 1. The van der Waals surface area contributed by atoms with Crippen LogP contribution in [0.4, 0.5) is 10.5 Å². The molecule has 0 aromatic heterocycles. The highest BCUT2D eigenvalue weighted by molar-refractivity contribution is 5.92. The Hall–Kier alpha value is -3.65. The zero-order valence-electron chi connectivity index (χ0n) is 25.2. The molecule has 2 bridgehead atoms. The molecule has 42 heavy (non-hydrogen) atoms. The average Bonchev–Trinajstić information content (AvgIpc) is 3.00. The minimum Gasteiger partial charge on any atom is -0.462 e. The molecule has 2 fully saturated rings. The Morgan fingerprint density at radius 1 is 1.00 bits per heavy atom. The largest absolute Gasteiger partial charge is 0.462 e. The third-order valence-corrected chi connectivity index (χ3v) is 9.50. The first kappa shape index (κ1) is 29.8. The molecule has 2 aromatic rings. The van der Waals surface area contributed by atoms with Gasteiger partial charge in [-0.05, 0) is 66.8 Å². The number of amides is 3. The summed E-state index contributed by atoms with van der Waals surface area (Å²) in [6.45, 7) is 11.8. The van der Waals surface area contributed by atoms with Crippen LogP contribution in [0.15, 0.2) is 66.2 Å². The third kappa shape index (κ3) is 6.86. The Morgan fingerprint density at radius 3 is 2.36 bits per heavy atom. The number of allylic oxidation sites excluding steroid dienone is 1. The summed E-state index contributed by atoms with van der Waals surface area (Å²) in [7, 11) is 0. The van der Waals surface area contributed by atoms with Gasteiger partial charge in [-0.15, -0.1) is 0 Å². The lowest BCUT2D eigenvalue weighted by molar-refractivity contribution is -0.130. The fraction of sp³-hybridized carbons (Fsp3) is 0.500. The average molecular weight is 573 g/mol. The summed E-state index contributed by atoms with van der Waals surface area (Å²) in [5, 5.41) is 2.93. The number of nitrogens with one attached hydrogen (secondary N) is 1. The first-order chi connectivity index (χ1) is 20.2. The minimum absolute atomic E-state index is 0.149. The summed E-state index contributed by atoms with van der Waals surface area (Å²) in [5.74, 6) is 1.15. The second-order valence-electron chi connectivity index (χ2n) is 12.4. The van der Waals surface area contributed by atoms with Crippen LogP contribution in [0.25, 0.3) is 0 Å². The number of piperazine rings is 1. The number of fused-ring (bicyclic) bond motifs is 1. The normalized spacial score (nSPS) is 21.1. The number of hydrogen-bond acceptors (Lipinski definition) is 5. The quantitative estimate of drug-likeness (QED) is 0.317. The van der Waals surface area contributed by atoms with Crippen LogP contribution in [0.2, 0.25) is 0 Å². The van der Waals surface area contributed by atoms with E-state index < -0.39 is 0 Å². The third-order valence-electron chi connectivity index (χ3n) is 9.50. The first-order valence-electron chi connectivity index (χ1n) is 15.3. The molecular formula is C34H44N4O4. The molecule has 1 heterocycles. The van der Waals surface area contributed by atoms with Gasteiger partial charge >= 0.3 is 12.0 Å². The number of anilines is 1. The lowest BCUT2D eigenvalue weighted by Gasteiger charge is -2.57. The molecule has 2 atom stereocenters. The number of carbonyl (C=O) groups is 3. The van der Waals surface area contributed by atoms with E-state index in [0.29, 0.717) is 61.8 Å². The van der Waals surface area contributed by atoms with Crippen molar-refractivity contribution in [3.05, 3.63) is 77.4 Å². The molecule has 3 amide bonds. The van der Waals surface area contributed by atoms with Gasteiger partial charge in [0.2, 0.25) is 5.91 Å². The summed E-state index contributed by atoms with van der Waals surface area (Å²) >= 11 is 0. The highest BCUT2D eigenvalue weighted by atomic mass is 16.5. The minimum atomic E-state index is -0.372. The highest BCUT2D eigenvalue weighted by Crippen LogP contribution is 2.59. The summed E-state index contributed by atoms with van der Waals surface area (Å²) in [6, 6.07) is 16.6. The zero-order valence-corrected chi connectivity index (χ0v) is 25.2. The molecule has 224 valence electrons. The van der Waals surface area contributed by atoms with E-state index in [2.05, 4.69) is 35.0 Å². The fourth-order valence-electron chi connectivity index (χ4n) is 6.59. The Kier molecular flexibility index (Phi) is 9.31. The van der Waals surface area contributed by atoms with Crippen molar-refractivity contribution in [3.8, 4) is 0 Å². The van der Waals surface area contributed by atoms with Crippen LogP contribution in [0.3, 0.4) is 0 Å². The molecule has 1 saturated heterocycles. The van der Waals surface area contributed by atoms with E-state index in [1.807, 2.05) is 35.2 Å². The number of benzene rings is 2. The van der Waals surface area contributed by atoms with Crippen molar-refractivity contribution in [2.24, 2.45) is 17.3 Å². The number of nitrogens with zero attached hydrogens (tertiary/aromatic N) is 3. The smallest absolute Gasteiger partial charge is 0.338 e. The van der Waals surface area contributed by atoms with Gasteiger partial charge in [-0.3, -0.25) is 9.69 Å². The van der Waals surface area contributed by atoms with Gasteiger partial charge in [-0.25, -0.2) is 9.59 Å². The van der Waals surface area contributed by atoms with Crippen LogP contribution in [0.5, 0.6) is 0 Å². The van der Waals surface area contributed by atoms with Crippen molar-refractivity contribution < 1.29 is 19.1 Å². The van der Waals surface area contributed by atoms with Gasteiger partial charge in [0.05, 0.1) is 18.6 Å². The van der Waals surface area contributed by atoms with Crippen LogP contribution >= 0.6 is 0 Å². The van der Waals surface area contributed by atoms with E-state index >= 15 is 0 Å². The lowest BCUT2D eigenvalue weighted by Crippen LogP contribution is -2.53. The van der Waals surface area contributed by atoms with Crippen molar-refractivity contribution >= 4 is 23.6 Å². The SMILES string of the molecule is CCOC(=O)c1ccc(NC(=O)N2CCN(CCN(CC3=CCC4CC3C4(C)C)C(=O)Cc3ccccc3)CC2)cc1. The van der Waals surface area contributed by atoms with Crippen molar-refractivity contribution in [2.45, 2.75) is 40.0 Å². The molecule has 2 unspecified atom stereocenters. The van der Waals surface area contributed by atoms with E-state index in [-0.39, 0.29) is 17.9 Å². The Bertz CT molecular complexity index is 1280. The molecular weight excluding hydrogens is 528 g/mol. The van der Waals surface area contributed by atoms with Crippen LogP contribution in [-0.2, 0) is 16.0 Å². The molecule has 1 aliphatic heterocycles. The Balaban J connectivity index is 1.13. The van der Waals surface area contributed by atoms with Crippen LogP contribution in [0.1, 0.15) is 49.5 Å². The van der Waals surface area contributed by atoms with Crippen molar-refractivity contribution in [1.29, 1.82) is 0 Å². The number of esters is 1. The van der Waals surface area contributed by atoms with E-state index in [9.17, 15) is 14.4 Å². The van der Waals surface area contributed by atoms with Crippen molar-refractivity contribution in [1.82, 2.24) is 14.7 Å². The second kappa shape index (κ2) is 13.1. The predicted octanol–water partition coefficient (Wildman–Crippen LogP) is 5.08. The van der Waals surface area contributed by atoms with E-state index in [1.54, 1.807) is 31.2 Å². The van der Waals surface area contributed by atoms with Gasteiger partial charge in [0.15, 0.2) is 0 Å². The van der Waals surface area contributed by atoms with E-state index in [1.165, 1.54) is 12.0 Å². The molecule has 1 saturated carbocycles. The molecule has 8 heteroatoms. The van der Waals surface area contributed by atoms with Gasteiger partial charge in [0.1, 0.15) is 0 Å². The van der Waals surface area contributed by atoms with E-state index in [0.717, 1.165) is 37.5 Å². The Morgan fingerprint density at radius 2 is 1.71 bits per heavy atom. The molecule has 2 aromatic carbocycles. The maximum atomic E-state index is 13.5. The summed E-state index contributed by atoms with van der Waals surface area (Å²) < 4.78 is 5.02. The van der Waals surface area contributed by atoms with Crippen LogP contribution < -0.4 is 5.32 Å². The van der Waals surface area contributed by atoms with Gasteiger partial charge in [-0.2, -0.15) is 0 Å². The van der Waals surface area contributed by atoms with Gasteiger partial charge in [0.25, 0.3) is 0 Å². The molecule has 8 nitrogen and oxygen atoms in total. The van der Waals surface area contributed by atoms with Gasteiger partial charge in [0, 0.05) is 51.5 Å². The lowest BCUT2D eigenvalue weighted by atomic mass is 9.49. The standard InChI is InChI=1S/C34H44N4O4/c1-4-42-32(40)26-11-14-29(15-12-26)35-33(41)37-19-16-36(17-20-37)18-21-38(31(39)22-25-8-6-5-7-9-25)24-27-10-13-28-23-30(27)34(28,2)3/h5-12,14-15,28,30H,4,13,16-24H2,1-3H3,(H,35,41). The van der Waals surface area contributed by atoms with Crippen LogP contribution in [-0.4, -0.2) is 85.0 Å². The molecule has 6 rings (SSSR count). The van der Waals surface area contributed by atoms with E-state index in [4.69, 9.17) is 4.74 Å². The fourth-order valence-corrected chi connectivity index (χ4v) is 6.59. The molecule has 0 radical (unpaired) electrons. The zero-order chi connectivity index (χ0) is 29.7. The molecule has 1 N–H and O–H groups in total. The summed E-state index contributed by atoms with van der Waals surface area (Å²) in [6.07, 6.45) is 5.19. The summed E-state index contributed by atoms with van der Waals surface area (Å²) in [4.78, 5) is 44.5. The molecule has 4 aliphatic rings.